The molecule has 0 saturated carbocycles. The average Bonchev–Trinajstić information content (AvgIpc) is 2.88. The third-order valence-corrected chi connectivity index (χ3v) is 4.60. The van der Waals surface area contributed by atoms with Crippen LogP contribution in [0.3, 0.4) is 0 Å². The van der Waals surface area contributed by atoms with Crippen molar-refractivity contribution < 1.29 is 0 Å². The Morgan fingerprint density at radius 3 is 2.89 bits per heavy atom. The lowest BCUT2D eigenvalue weighted by molar-refractivity contribution is 0.337. The van der Waals surface area contributed by atoms with Crippen LogP contribution in [0.2, 0.25) is 5.02 Å². The standard InChI is InChI=1S/C15H16ClNS/c1-15(2)8-10-3-4-11(16)7-13(10)14(15)17-12-5-6-18-9-12/h3-7,9,14,17H,8H2,1-2H3. The van der Waals surface area contributed by atoms with Gasteiger partial charge in [0.1, 0.15) is 0 Å². The van der Waals surface area contributed by atoms with Crippen molar-refractivity contribution >= 4 is 28.6 Å². The molecule has 0 amide bonds. The number of benzene rings is 1. The molecule has 1 aromatic carbocycles. The Morgan fingerprint density at radius 2 is 2.17 bits per heavy atom. The molecule has 3 heteroatoms. The Labute approximate surface area is 117 Å². The van der Waals surface area contributed by atoms with Crippen molar-refractivity contribution in [3.8, 4) is 0 Å². The Hall–Kier alpha value is -0.990. The molecule has 1 N–H and O–H groups in total. The molecule has 1 unspecified atom stereocenters. The average molecular weight is 278 g/mol. The van der Waals surface area contributed by atoms with Crippen molar-refractivity contribution in [2.24, 2.45) is 5.41 Å². The summed E-state index contributed by atoms with van der Waals surface area (Å²) in [4.78, 5) is 0. The molecule has 1 heterocycles. The fourth-order valence-electron chi connectivity index (χ4n) is 2.80. The van der Waals surface area contributed by atoms with Gasteiger partial charge in [-0.25, -0.2) is 0 Å². The number of fused-ring (bicyclic) bond motifs is 1. The molecule has 1 aliphatic rings. The van der Waals surface area contributed by atoms with Gasteiger partial charge in [-0.3, -0.25) is 0 Å². The molecule has 2 aromatic rings. The van der Waals surface area contributed by atoms with Crippen molar-refractivity contribution in [2.75, 3.05) is 5.32 Å². The van der Waals surface area contributed by atoms with Crippen LogP contribution in [-0.2, 0) is 6.42 Å². The number of rotatable bonds is 2. The Kier molecular flexibility index (Phi) is 2.87. The van der Waals surface area contributed by atoms with Gasteiger partial charge in [-0.1, -0.05) is 31.5 Å². The minimum Gasteiger partial charge on any atom is -0.377 e. The smallest absolute Gasteiger partial charge is 0.0571 e. The predicted molar refractivity (Wildman–Crippen MR) is 79.6 cm³/mol. The summed E-state index contributed by atoms with van der Waals surface area (Å²) >= 11 is 7.86. The number of anilines is 1. The van der Waals surface area contributed by atoms with E-state index in [-0.39, 0.29) is 5.41 Å². The van der Waals surface area contributed by atoms with E-state index in [1.54, 1.807) is 11.3 Å². The summed E-state index contributed by atoms with van der Waals surface area (Å²) < 4.78 is 0. The topological polar surface area (TPSA) is 12.0 Å². The number of nitrogens with one attached hydrogen (secondary N) is 1. The second-order valence-electron chi connectivity index (χ2n) is 5.60. The van der Waals surface area contributed by atoms with E-state index in [4.69, 9.17) is 11.6 Å². The molecule has 1 nitrogen and oxygen atoms in total. The van der Waals surface area contributed by atoms with Gasteiger partial charge in [0.15, 0.2) is 0 Å². The quantitative estimate of drug-likeness (QED) is 0.802. The Bertz CT molecular complexity index is 560. The molecule has 1 aromatic heterocycles. The molecule has 1 atom stereocenters. The second-order valence-corrected chi connectivity index (χ2v) is 6.81. The molecule has 94 valence electrons. The van der Waals surface area contributed by atoms with E-state index < -0.39 is 0 Å². The normalized spacial score (nSPS) is 20.7. The van der Waals surface area contributed by atoms with E-state index in [1.165, 1.54) is 16.8 Å². The zero-order valence-corrected chi connectivity index (χ0v) is 12.1. The molecular weight excluding hydrogens is 262 g/mol. The van der Waals surface area contributed by atoms with Gasteiger partial charge < -0.3 is 5.32 Å². The van der Waals surface area contributed by atoms with Crippen LogP contribution in [0, 0.1) is 5.41 Å². The van der Waals surface area contributed by atoms with Crippen LogP contribution in [0.5, 0.6) is 0 Å². The van der Waals surface area contributed by atoms with Crippen molar-refractivity contribution in [3.63, 3.8) is 0 Å². The zero-order valence-electron chi connectivity index (χ0n) is 10.5. The van der Waals surface area contributed by atoms with Crippen LogP contribution in [-0.4, -0.2) is 0 Å². The molecule has 3 rings (SSSR count). The fourth-order valence-corrected chi connectivity index (χ4v) is 3.57. The minimum atomic E-state index is 0.217. The maximum absolute atomic E-state index is 6.14. The number of hydrogen-bond donors (Lipinski definition) is 1. The second kappa shape index (κ2) is 4.29. The first-order valence-electron chi connectivity index (χ1n) is 6.13. The third-order valence-electron chi connectivity index (χ3n) is 3.68. The zero-order chi connectivity index (χ0) is 12.8. The molecule has 0 saturated heterocycles. The van der Waals surface area contributed by atoms with E-state index in [2.05, 4.69) is 48.1 Å². The molecule has 0 aliphatic heterocycles. The predicted octanol–water partition coefficient (Wildman–Crippen LogP) is 5.14. The highest BCUT2D eigenvalue weighted by Gasteiger charge is 2.38. The summed E-state index contributed by atoms with van der Waals surface area (Å²) in [5.41, 5.74) is 4.18. The maximum Gasteiger partial charge on any atom is 0.0571 e. The summed E-state index contributed by atoms with van der Waals surface area (Å²) in [7, 11) is 0. The van der Waals surface area contributed by atoms with Crippen LogP contribution < -0.4 is 5.32 Å². The van der Waals surface area contributed by atoms with Crippen molar-refractivity contribution in [1.29, 1.82) is 0 Å². The molecular formula is C15H16ClNS. The van der Waals surface area contributed by atoms with Gasteiger partial charge in [-0.15, -0.1) is 0 Å². The van der Waals surface area contributed by atoms with E-state index in [0.717, 1.165) is 11.4 Å². The highest BCUT2D eigenvalue weighted by atomic mass is 35.5. The van der Waals surface area contributed by atoms with Gasteiger partial charge >= 0.3 is 0 Å². The van der Waals surface area contributed by atoms with Gasteiger partial charge in [-0.2, -0.15) is 11.3 Å². The molecule has 0 fully saturated rings. The maximum atomic E-state index is 6.14. The monoisotopic (exact) mass is 277 g/mol. The van der Waals surface area contributed by atoms with Gasteiger partial charge in [0.25, 0.3) is 0 Å². The van der Waals surface area contributed by atoms with Crippen molar-refractivity contribution in [1.82, 2.24) is 0 Å². The summed E-state index contributed by atoms with van der Waals surface area (Å²) in [6.07, 6.45) is 1.10. The Morgan fingerprint density at radius 1 is 1.33 bits per heavy atom. The van der Waals surface area contributed by atoms with E-state index in [9.17, 15) is 0 Å². The van der Waals surface area contributed by atoms with Crippen LogP contribution >= 0.6 is 22.9 Å². The summed E-state index contributed by atoms with van der Waals surface area (Å²) in [6, 6.07) is 8.72. The highest BCUT2D eigenvalue weighted by Crippen LogP contribution is 2.47. The number of hydrogen-bond acceptors (Lipinski definition) is 2. The first-order chi connectivity index (χ1) is 8.56. The summed E-state index contributed by atoms with van der Waals surface area (Å²) in [6.45, 7) is 4.62. The van der Waals surface area contributed by atoms with Crippen LogP contribution in [0.1, 0.15) is 31.0 Å². The van der Waals surface area contributed by atoms with Crippen molar-refractivity contribution in [2.45, 2.75) is 26.3 Å². The lowest BCUT2D eigenvalue weighted by Crippen LogP contribution is -2.24. The lowest BCUT2D eigenvalue weighted by Gasteiger charge is -2.29. The summed E-state index contributed by atoms with van der Waals surface area (Å²) in [5.74, 6) is 0. The van der Waals surface area contributed by atoms with Crippen LogP contribution in [0.4, 0.5) is 5.69 Å². The van der Waals surface area contributed by atoms with E-state index in [0.29, 0.717) is 6.04 Å². The molecule has 0 spiro atoms. The first-order valence-corrected chi connectivity index (χ1v) is 7.45. The van der Waals surface area contributed by atoms with Gasteiger partial charge in [0.05, 0.1) is 6.04 Å². The van der Waals surface area contributed by atoms with E-state index in [1.807, 2.05) is 6.07 Å². The van der Waals surface area contributed by atoms with Crippen LogP contribution in [0.15, 0.2) is 35.0 Å². The Balaban J connectivity index is 1.99. The first kappa shape index (κ1) is 12.1. The molecule has 0 radical (unpaired) electrons. The molecule has 1 aliphatic carbocycles. The van der Waals surface area contributed by atoms with Gasteiger partial charge in [-0.05, 0) is 46.5 Å². The number of thiophene rings is 1. The lowest BCUT2D eigenvalue weighted by atomic mass is 9.85. The van der Waals surface area contributed by atoms with Crippen LogP contribution in [0.25, 0.3) is 0 Å². The third kappa shape index (κ3) is 2.04. The van der Waals surface area contributed by atoms with E-state index >= 15 is 0 Å². The SMILES string of the molecule is CC1(C)Cc2ccc(Cl)cc2C1Nc1ccsc1. The fraction of sp³-hybridized carbons (Fsp3) is 0.333. The van der Waals surface area contributed by atoms with Gasteiger partial charge in [0.2, 0.25) is 0 Å². The molecule has 18 heavy (non-hydrogen) atoms. The molecule has 0 bridgehead atoms. The van der Waals surface area contributed by atoms with Gasteiger partial charge in [0, 0.05) is 16.1 Å². The largest absolute Gasteiger partial charge is 0.377 e. The summed E-state index contributed by atoms with van der Waals surface area (Å²) in [5, 5.41) is 8.72. The highest BCUT2D eigenvalue weighted by molar-refractivity contribution is 7.08. The minimum absolute atomic E-state index is 0.217. The van der Waals surface area contributed by atoms with Crippen molar-refractivity contribution in [3.05, 3.63) is 51.2 Å². The number of halogens is 1.